The number of carbonyl (C=O) groups excluding carboxylic acids is 1. The molecule has 1 heterocycles. The number of rotatable bonds is 8. The van der Waals surface area contributed by atoms with Crippen LogP contribution in [0.4, 0.5) is 11.6 Å². The number of aryl methyl sites for hydroxylation is 2. The molecule has 0 saturated carbocycles. The van der Waals surface area contributed by atoms with Gasteiger partial charge < -0.3 is 20.5 Å². The molecule has 3 aromatic rings. The number of fused-ring (bicyclic) bond motifs is 1. The predicted molar refractivity (Wildman–Crippen MR) is 124 cm³/mol. The first-order valence-corrected chi connectivity index (χ1v) is 11.3. The van der Waals surface area contributed by atoms with Crippen molar-refractivity contribution in [2.24, 2.45) is 0 Å². The van der Waals surface area contributed by atoms with E-state index < -0.39 is 0 Å². The molecule has 0 spiro atoms. The average molecular weight is 452 g/mol. The van der Waals surface area contributed by atoms with E-state index >= 15 is 0 Å². The van der Waals surface area contributed by atoms with Gasteiger partial charge in [-0.1, -0.05) is 30.0 Å². The largest absolute Gasteiger partial charge is 0.497 e. The van der Waals surface area contributed by atoms with Crippen LogP contribution < -0.4 is 20.5 Å². The van der Waals surface area contributed by atoms with Crippen molar-refractivity contribution in [2.75, 3.05) is 31.0 Å². The fourth-order valence-electron chi connectivity index (χ4n) is 3.70. The number of hydrogen-bond donors (Lipinski definition) is 2. The zero-order chi connectivity index (χ0) is 22.5. The van der Waals surface area contributed by atoms with Gasteiger partial charge in [-0.3, -0.25) is 4.79 Å². The first-order valence-electron chi connectivity index (χ1n) is 10.3. The van der Waals surface area contributed by atoms with Gasteiger partial charge in [-0.05, 0) is 48.1 Å². The van der Waals surface area contributed by atoms with Crippen molar-refractivity contribution in [1.82, 2.24) is 15.0 Å². The van der Waals surface area contributed by atoms with Crippen LogP contribution in [-0.4, -0.2) is 40.8 Å². The standard InChI is InChI=1S/C23H25N5O3S/c1-30-17-8-9-18(19(12-17)31-2)25-21(29)13-32-23-27-20(26-22(24)28-23)11-14-6-7-15-4-3-5-16(15)10-14/h6-10,12H,3-5,11,13H2,1-2H3,(H,25,29)(H2,24,26,27,28). The van der Waals surface area contributed by atoms with Crippen molar-refractivity contribution < 1.29 is 14.3 Å². The summed E-state index contributed by atoms with van der Waals surface area (Å²) in [6.45, 7) is 0. The van der Waals surface area contributed by atoms with Crippen LogP contribution in [0.3, 0.4) is 0 Å². The van der Waals surface area contributed by atoms with E-state index in [0.29, 0.717) is 34.6 Å². The Labute approximate surface area is 191 Å². The summed E-state index contributed by atoms with van der Waals surface area (Å²) in [6.07, 6.45) is 4.06. The molecule has 1 aliphatic carbocycles. The van der Waals surface area contributed by atoms with Gasteiger partial charge in [-0.2, -0.15) is 9.97 Å². The third-order valence-corrected chi connectivity index (χ3v) is 6.07. The summed E-state index contributed by atoms with van der Waals surface area (Å²) in [4.78, 5) is 25.4. The Morgan fingerprint density at radius 1 is 1.06 bits per heavy atom. The minimum Gasteiger partial charge on any atom is -0.497 e. The summed E-state index contributed by atoms with van der Waals surface area (Å²) < 4.78 is 10.5. The molecular weight excluding hydrogens is 426 g/mol. The van der Waals surface area contributed by atoms with Crippen LogP contribution in [0.25, 0.3) is 0 Å². The highest BCUT2D eigenvalue weighted by molar-refractivity contribution is 7.99. The number of hydrogen-bond acceptors (Lipinski definition) is 8. The number of anilines is 2. The van der Waals surface area contributed by atoms with Gasteiger partial charge >= 0.3 is 0 Å². The molecular formula is C23H25N5O3S. The van der Waals surface area contributed by atoms with Crippen molar-refractivity contribution >= 4 is 29.3 Å². The molecule has 3 N–H and O–H groups in total. The van der Waals surface area contributed by atoms with Crippen LogP contribution in [0, 0.1) is 0 Å². The first kappa shape index (κ1) is 21.9. The number of carbonyl (C=O) groups is 1. The van der Waals surface area contributed by atoms with E-state index in [0.717, 1.165) is 18.4 Å². The number of nitrogens with two attached hydrogens (primary N) is 1. The van der Waals surface area contributed by atoms with E-state index in [4.69, 9.17) is 15.2 Å². The lowest BCUT2D eigenvalue weighted by Gasteiger charge is -2.11. The van der Waals surface area contributed by atoms with E-state index in [1.807, 2.05) is 0 Å². The zero-order valence-corrected chi connectivity index (χ0v) is 18.9. The summed E-state index contributed by atoms with van der Waals surface area (Å²) in [5.41, 5.74) is 10.4. The van der Waals surface area contributed by atoms with Crippen LogP contribution >= 0.6 is 11.8 Å². The van der Waals surface area contributed by atoms with Gasteiger partial charge in [0.25, 0.3) is 0 Å². The highest BCUT2D eigenvalue weighted by Gasteiger charge is 2.14. The molecule has 2 aromatic carbocycles. The van der Waals surface area contributed by atoms with Gasteiger partial charge in [0, 0.05) is 12.5 Å². The van der Waals surface area contributed by atoms with Crippen LogP contribution in [0.5, 0.6) is 11.5 Å². The van der Waals surface area contributed by atoms with Crippen molar-refractivity contribution in [3.63, 3.8) is 0 Å². The van der Waals surface area contributed by atoms with Crippen molar-refractivity contribution in [3.8, 4) is 11.5 Å². The lowest BCUT2D eigenvalue weighted by atomic mass is 10.0. The molecule has 1 aromatic heterocycles. The van der Waals surface area contributed by atoms with Gasteiger partial charge in [-0.25, -0.2) is 4.98 Å². The molecule has 166 valence electrons. The maximum Gasteiger partial charge on any atom is 0.234 e. The average Bonchev–Trinajstić information content (AvgIpc) is 3.25. The summed E-state index contributed by atoms with van der Waals surface area (Å²) in [5.74, 6) is 1.81. The Balaban J connectivity index is 1.39. The Morgan fingerprint density at radius 2 is 1.91 bits per heavy atom. The van der Waals surface area contributed by atoms with Gasteiger partial charge in [0.2, 0.25) is 11.9 Å². The second-order valence-corrected chi connectivity index (χ2v) is 8.37. The molecule has 8 nitrogen and oxygen atoms in total. The number of ether oxygens (including phenoxy) is 2. The predicted octanol–water partition coefficient (Wildman–Crippen LogP) is 3.28. The van der Waals surface area contributed by atoms with E-state index in [1.165, 1.54) is 36.4 Å². The molecule has 9 heteroatoms. The Morgan fingerprint density at radius 3 is 2.72 bits per heavy atom. The molecule has 1 aliphatic rings. The molecule has 0 saturated heterocycles. The summed E-state index contributed by atoms with van der Waals surface area (Å²) in [6, 6.07) is 11.7. The zero-order valence-electron chi connectivity index (χ0n) is 18.1. The Bertz CT molecular complexity index is 1140. The molecule has 0 radical (unpaired) electrons. The Kier molecular flexibility index (Phi) is 6.75. The number of aromatic nitrogens is 3. The van der Waals surface area contributed by atoms with Gasteiger partial charge in [0.05, 0.1) is 25.7 Å². The Hall–Kier alpha value is -3.33. The van der Waals surface area contributed by atoms with Crippen molar-refractivity contribution in [3.05, 3.63) is 58.9 Å². The summed E-state index contributed by atoms with van der Waals surface area (Å²) >= 11 is 1.21. The number of thioether (sulfide) groups is 1. The van der Waals surface area contributed by atoms with Crippen LogP contribution in [-0.2, 0) is 24.1 Å². The number of nitrogens with zero attached hydrogens (tertiary/aromatic N) is 3. The third kappa shape index (κ3) is 5.28. The van der Waals surface area contributed by atoms with E-state index in [-0.39, 0.29) is 17.6 Å². The minimum atomic E-state index is -0.211. The van der Waals surface area contributed by atoms with E-state index in [1.54, 1.807) is 25.3 Å². The number of benzene rings is 2. The fourth-order valence-corrected chi connectivity index (χ4v) is 4.36. The fraction of sp³-hybridized carbons (Fsp3) is 0.304. The molecule has 0 bridgehead atoms. The van der Waals surface area contributed by atoms with Gasteiger partial charge in [-0.15, -0.1) is 0 Å². The highest BCUT2D eigenvalue weighted by Crippen LogP contribution is 2.29. The molecule has 1 amide bonds. The lowest BCUT2D eigenvalue weighted by Crippen LogP contribution is -2.15. The highest BCUT2D eigenvalue weighted by atomic mass is 32.2. The monoisotopic (exact) mass is 451 g/mol. The maximum absolute atomic E-state index is 12.5. The smallest absolute Gasteiger partial charge is 0.234 e. The van der Waals surface area contributed by atoms with Crippen LogP contribution in [0.2, 0.25) is 0 Å². The molecule has 0 fully saturated rings. The third-order valence-electron chi connectivity index (χ3n) is 5.22. The van der Waals surface area contributed by atoms with Crippen molar-refractivity contribution in [1.29, 1.82) is 0 Å². The van der Waals surface area contributed by atoms with Crippen molar-refractivity contribution in [2.45, 2.75) is 30.8 Å². The molecule has 4 rings (SSSR count). The number of methoxy groups -OCH3 is 2. The number of nitrogens with one attached hydrogen (secondary N) is 1. The van der Waals surface area contributed by atoms with E-state index in [9.17, 15) is 4.79 Å². The van der Waals surface area contributed by atoms with Gasteiger partial charge in [0.1, 0.15) is 17.3 Å². The van der Waals surface area contributed by atoms with Crippen LogP contribution in [0.15, 0.2) is 41.6 Å². The molecule has 0 aliphatic heterocycles. The second kappa shape index (κ2) is 9.86. The molecule has 0 atom stereocenters. The molecule has 32 heavy (non-hydrogen) atoms. The topological polar surface area (TPSA) is 112 Å². The second-order valence-electron chi connectivity index (χ2n) is 7.43. The van der Waals surface area contributed by atoms with Gasteiger partial charge in [0.15, 0.2) is 5.16 Å². The summed E-state index contributed by atoms with van der Waals surface area (Å²) in [5, 5.41) is 3.25. The molecule has 0 unspecified atom stereocenters. The van der Waals surface area contributed by atoms with E-state index in [2.05, 4.69) is 38.5 Å². The maximum atomic E-state index is 12.5. The lowest BCUT2D eigenvalue weighted by molar-refractivity contribution is -0.113. The quantitative estimate of drug-likeness (QED) is 0.502. The number of nitrogen functional groups attached to an aromatic ring is 1. The minimum absolute atomic E-state index is 0.122. The number of amides is 1. The van der Waals surface area contributed by atoms with Crippen LogP contribution in [0.1, 0.15) is 28.9 Å². The summed E-state index contributed by atoms with van der Waals surface area (Å²) in [7, 11) is 3.11. The normalized spacial score (nSPS) is 12.3. The first-order chi connectivity index (χ1) is 15.5. The SMILES string of the molecule is COc1ccc(NC(=O)CSc2nc(N)nc(Cc3ccc4c(c3)CCC4)n2)c(OC)c1.